The third kappa shape index (κ3) is 2.37. The van der Waals surface area contributed by atoms with Gasteiger partial charge in [0.05, 0.1) is 11.8 Å². The summed E-state index contributed by atoms with van der Waals surface area (Å²) in [5, 5.41) is 5.11. The first-order valence-corrected chi connectivity index (χ1v) is 6.21. The topological polar surface area (TPSA) is 42.0 Å². The van der Waals surface area contributed by atoms with Gasteiger partial charge in [-0.25, -0.2) is 4.98 Å². The summed E-state index contributed by atoms with van der Waals surface area (Å²) in [4.78, 5) is 16.7. The van der Waals surface area contributed by atoms with Crippen LogP contribution in [0.4, 0.5) is 5.13 Å². The van der Waals surface area contributed by atoms with Crippen molar-refractivity contribution >= 4 is 45.3 Å². The Bertz CT molecular complexity index is 492. The highest BCUT2D eigenvalue weighted by Crippen LogP contribution is 2.24. The van der Waals surface area contributed by atoms with Crippen molar-refractivity contribution in [2.75, 3.05) is 5.32 Å². The van der Waals surface area contributed by atoms with Gasteiger partial charge in [0.2, 0.25) is 0 Å². The lowest BCUT2D eigenvalue weighted by Crippen LogP contribution is -2.11. The Morgan fingerprint density at radius 1 is 1.60 bits per heavy atom. The predicted octanol–water partition coefficient (Wildman–Crippen LogP) is 3.42. The fraction of sp³-hybridized carbons (Fsp3) is 0.111. The summed E-state index contributed by atoms with van der Waals surface area (Å²) in [6.07, 6.45) is 1.52. The molecule has 1 amide bonds. The molecule has 78 valence electrons. The van der Waals surface area contributed by atoms with Crippen molar-refractivity contribution in [2.24, 2.45) is 0 Å². The molecule has 0 unspecified atom stereocenters. The number of anilines is 1. The van der Waals surface area contributed by atoms with Crippen molar-refractivity contribution in [3.63, 3.8) is 0 Å². The highest BCUT2D eigenvalue weighted by Gasteiger charge is 2.11. The van der Waals surface area contributed by atoms with E-state index in [1.54, 1.807) is 17.4 Å². The third-order valence-electron chi connectivity index (χ3n) is 1.80. The molecule has 3 nitrogen and oxygen atoms in total. The molecule has 0 fully saturated rings. The van der Waals surface area contributed by atoms with E-state index in [9.17, 15) is 4.79 Å². The van der Waals surface area contributed by atoms with Gasteiger partial charge >= 0.3 is 0 Å². The molecule has 2 aromatic heterocycles. The minimum Gasteiger partial charge on any atom is -0.298 e. The predicted molar refractivity (Wildman–Crippen MR) is 64.1 cm³/mol. The number of carbonyl (C=O) groups is 1. The van der Waals surface area contributed by atoms with Crippen molar-refractivity contribution < 1.29 is 4.79 Å². The zero-order chi connectivity index (χ0) is 10.8. The summed E-state index contributed by atoms with van der Waals surface area (Å²) in [6, 6.07) is 1.80. The quantitative estimate of drug-likeness (QED) is 0.897. The zero-order valence-corrected chi connectivity index (χ0v) is 10.2. The van der Waals surface area contributed by atoms with Crippen LogP contribution >= 0.6 is 34.3 Å². The largest absolute Gasteiger partial charge is 0.298 e. The summed E-state index contributed by atoms with van der Waals surface area (Å²) >= 11 is 8.50. The number of thiophene rings is 1. The Balaban J connectivity index is 2.14. The molecule has 2 rings (SSSR count). The first-order chi connectivity index (χ1) is 7.16. The van der Waals surface area contributed by atoms with Crippen molar-refractivity contribution in [3.05, 3.63) is 32.4 Å². The second-order valence-electron chi connectivity index (χ2n) is 2.81. The van der Waals surface area contributed by atoms with Crippen LogP contribution in [0.1, 0.15) is 15.2 Å². The lowest BCUT2D eigenvalue weighted by atomic mass is 10.2. The van der Waals surface area contributed by atoms with E-state index in [0.717, 1.165) is 4.88 Å². The van der Waals surface area contributed by atoms with Gasteiger partial charge in [0.25, 0.3) is 5.91 Å². The molecule has 0 radical (unpaired) electrons. The molecular formula is C9H7ClN2OS2. The molecule has 0 aliphatic rings. The number of hydrogen-bond donors (Lipinski definition) is 1. The molecule has 1 N–H and O–H groups in total. The van der Waals surface area contributed by atoms with Gasteiger partial charge in [-0.2, -0.15) is 0 Å². The van der Waals surface area contributed by atoms with Gasteiger partial charge in [-0.1, -0.05) is 22.9 Å². The van der Waals surface area contributed by atoms with E-state index in [2.05, 4.69) is 10.3 Å². The van der Waals surface area contributed by atoms with Gasteiger partial charge < -0.3 is 0 Å². The summed E-state index contributed by atoms with van der Waals surface area (Å²) in [6.45, 7) is 1.91. The van der Waals surface area contributed by atoms with Crippen LogP contribution in [0.2, 0.25) is 4.34 Å². The number of amides is 1. The maximum absolute atomic E-state index is 11.7. The van der Waals surface area contributed by atoms with E-state index in [1.165, 1.54) is 17.5 Å². The highest BCUT2D eigenvalue weighted by molar-refractivity contribution is 7.19. The highest BCUT2D eigenvalue weighted by atomic mass is 35.5. The van der Waals surface area contributed by atoms with Crippen molar-refractivity contribution in [1.82, 2.24) is 4.98 Å². The van der Waals surface area contributed by atoms with Gasteiger partial charge in [0.15, 0.2) is 5.13 Å². The van der Waals surface area contributed by atoms with Crippen LogP contribution in [-0.4, -0.2) is 10.9 Å². The van der Waals surface area contributed by atoms with Crippen LogP contribution in [0.5, 0.6) is 0 Å². The first-order valence-electron chi connectivity index (χ1n) is 4.13. The number of rotatable bonds is 2. The summed E-state index contributed by atoms with van der Waals surface area (Å²) < 4.78 is 0.562. The monoisotopic (exact) mass is 258 g/mol. The van der Waals surface area contributed by atoms with Crippen LogP contribution in [0.25, 0.3) is 0 Å². The van der Waals surface area contributed by atoms with E-state index in [-0.39, 0.29) is 5.91 Å². The fourth-order valence-corrected chi connectivity index (χ4v) is 2.60. The number of hydrogen-bond acceptors (Lipinski definition) is 4. The number of aromatic nitrogens is 1. The fourth-order valence-electron chi connectivity index (χ4n) is 1.10. The van der Waals surface area contributed by atoms with Crippen LogP contribution in [0, 0.1) is 6.92 Å². The number of nitrogens with zero attached hydrogens (tertiary/aromatic N) is 1. The molecular weight excluding hydrogens is 252 g/mol. The molecule has 0 saturated carbocycles. The summed E-state index contributed by atoms with van der Waals surface area (Å²) in [5.74, 6) is -0.139. The van der Waals surface area contributed by atoms with E-state index in [0.29, 0.717) is 15.0 Å². The Morgan fingerprint density at radius 3 is 2.93 bits per heavy atom. The van der Waals surface area contributed by atoms with Gasteiger partial charge in [-0.3, -0.25) is 10.1 Å². The number of thiazole rings is 1. The maximum atomic E-state index is 11.7. The number of halogens is 1. The molecule has 2 aromatic rings. The molecule has 0 bridgehead atoms. The van der Waals surface area contributed by atoms with Crippen LogP contribution < -0.4 is 5.32 Å². The molecule has 6 heteroatoms. The minimum absolute atomic E-state index is 0.139. The van der Waals surface area contributed by atoms with E-state index < -0.39 is 0 Å². The lowest BCUT2D eigenvalue weighted by Gasteiger charge is -1.99. The van der Waals surface area contributed by atoms with E-state index in [1.807, 2.05) is 12.3 Å². The zero-order valence-electron chi connectivity index (χ0n) is 7.78. The smallest absolute Gasteiger partial charge is 0.258 e. The molecule has 15 heavy (non-hydrogen) atoms. The van der Waals surface area contributed by atoms with Crippen LogP contribution in [-0.2, 0) is 0 Å². The van der Waals surface area contributed by atoms with Gasteiger partial charge in [0.1, 0.15) is 4.34 Å². The van der Waals surface area contributed by atoms with E-state index in [4.69, 9.17) is 11.6 Å². The van der Waals surface area contributed by atoms with Gasteiger partial charge in [-0.05, 0) is 18.4 Å². The van der Waals surface area contributed by atoms with Crippen molar-refractivity contribution in [2.45, 2.75) is 6.92 Å². The Morgan fingerprint density at radius 2 is 2.40 bits per heavy atom. The number of aryl methyl sites for hydroxylation is 1. The first kappa shape index (κ1) is 10.6. The SMILES string of the molecule is Cc1sccc1C(=O)Nc1ncc(Cl)s1. The Labute approximate surface area is 99.7 Å². The second-order valence-corrected chi connectivity index (χ2v) is 5.60. The van der Waals surface area contributed by atoms with Crippen LogP contribution in [0.3, 0.4) is 0 Å². The van der Waals surface area contributed by atoms with Gasteiger partial charge in [-0.15, -0.1) is 11.3 Å². The van der Waals surface area contributed by atoms with Crippen LogP contribution in [0.15, 0.2) is 17.6 Å². The molecule has 0 aliphatic carbocycles. The lowest BCUT2D eigenvalue weighted by molar-refractivity contribution is 0.102. The third-order valence-corrected chi connectivity index (χ3v) is 3.68. The van der Waals surface area contributed by atoms with Crippen molar-refractivity contribution in [1.29, 1.82) is 0 Å². The number of nitrogens with one attached hydrogen (secondary N) is 1. The Hall–Kier alpha value is -0.910. The molecule has 0 aliphatic heterocycles. The molecule has 0 saturated heterocycles. The van der Waals surface area contributed by atoms with E-state index >= 15 is 0 Å². The maximum Gasteiger partial charge on any atom is 0.258 e. The Kier molecular flexibility index (Phi) is 3.04. The average Bonchev–Trinajstić information content (AvgIpc) is 2.75. The van der Waals surface area contributed by atoms with Gasteiger partial charge in [0, 0.05) is 4.88 Å². The minimum atomic E-state index is -0.139. The molecule has 2 heterocycles. The molecule has 0 atom stereocenters. The number of carbonyl (C=O) groups excluding carboxylic acids is 1. The second kappa shape index (κ2) is 4.30. The normalized spacial score (nSPS) is 10.3. The summed E-state index contributed by atoms with van der Waals surface area (Å²) in [5.41, 5.74) is 0.686. The molecule has 0 spiro atoms. The van der Waals surface area contributed by atoms with Crippen molar-refractivity contribution in [3.8, 4) is 0 Å². The molecule has 0 aromatic carbocycles. The average molecular weight is 259 g/mol. The summed E-state index contributed by atoms with van der Waals surface area (Å²) in [7, 11) is 0. The standard InChI is InChI=1S/C9H7ClN2OS2/c1-5-6(2-3-14-5)8(13)12-9-11-4-7(10)15-9/h2-4H,1H3,(H,11,12,13).